The van der Waals surface area contributed by atoms with Crippen LogP contribution < -0.4 is 5.32 Å². The molecule has 2 aromatic heterocycles. The highest BCUT2D eigenvalue weighted by molar-refractivity contribution is 7.13. The summed E-state index contributed by atoms with van der Waals surface area (Å²) in [5.41, 5.74) is 3.26. The Morgan fingerprint density at radius 1 is 0.778 bits per heavy atom. The predicted octanol–water partition coefficient (Wildman–Crippen LogP) is 5.96. The number of nitrogens with zero attached hydrogens (tertiary/aromatic N) is 2. The molecule has 3 aromatic carbocycles. The molecular weight excluding hydrogens is 354 g/mol. The van der Waals surface area contributed by atoms with Crippen molar-refractivity contribution in [1.82, 2.24) is 9.97 Å². The SMILES string of the molecule is Oc1cccc(Nc2nc3cc4ccccc4cc3nc2-c2cccs2)c1. The normalized spacial score (nSPS) is 11.1. The molecule has 0 saturated carbocycles. The Morgan fingerprint density at radius 2 is 1.56 bits per heavy atom. The number of hydrogen-bond acceptors (Lipinski definition) is 5. The number of aromatic hydroxyl groups is 1. The van der Waals surface area contributed by atoms with E-state index in [9.17, 15) is 5.11 Å². The first kappa shape index (κ1) is 15.8. The fourth-order valence-corrected chi connectivity index (χ4v) is 3.85. The van der Waals surface area contributed by atoms with Crippen LogP contribution in [0, 0.1) is 0 Å². The highest BCUT2D eigenvalue weighted by Crippen LogP contribution is 2.33. The van der Waals surface area contributed by atoms with Crippen LogP contribution in [0.2, 0.25) is 0 Å². The van der Waals surface area contributed by atoms with E-state index in [1.165, 1.54) is 0 Å². The maximum Gasteiger partial charge on any atom is 0.158 e. The molecule has 0 saturated heterocycles. The lowest BCUT2D eigenvalue weighted by atomic mass is 10.1. The molecule has 4 nitrogen and oxygen atoms in total. The van der Waals surface area contributed by atoms with Gasteiger partial charge in [-0.2, -0.15) is 0 Å². The molecule has 5 aromatic rings. The third-order valence-corrected chi connectivity index (χ3v) is 5.27. The third-order valence-electron chi connectivity index (χ3n) is 4.40. The summed E-state index contributed by atoms with van der Waals surface area (Å²) in [6, 6.07) is 23.4. The Labute approximate surface area is 159 Å². The largest absolute Gasteiger partial charge is 0.508 e. The van der Waals surface area contributed by atoms with Gasteiger partial charge in [-0.25, -0.2) is 9.97 Å². The van der Waals surface area contributed by atoms with Crippen molar-refractivity contribution in [1.29, 1.82) is 0 Å². The summed E-state index contributed by atoms with van der Waals surface area (Å²) in [6.07, 6.45) is 0. The van der Waals surface area contributed by atoms with E-state index in [1.54, 1.807) is 29.5 Å². The van der Waals surface area contributed by atoms with Crippen molar-refractivity contribution < 1.29 is 5.11 Å². The molecule has 0 aliphatic carbocycles. The first-order chi connectivity index (χ1) is 13.3. The van der Waals surface area contributed by atoms with Gasteiger partial charge in [0.15, 0.2) is 5.82 Å². The molecule has 0 aliphatic heterocycles. The summed E-state index contributed by atoms with van der Waals surface area (Å²) in [7, 11) is 0. The number of phenols is 1. The van der Waals surface area contributed by atoms with Crippen molar-refractivity contribution in [3.8, 4) is 16.3 Å². The quantitative estimate of drug-likeness (QED) is 0.385. The van der Waals surface area contributed by atoms with E-state index in [0.717, 1.165) is 38.1 Å². The van der Waals surface area contributed by atoms with E-state index >= 15 is 0 Å². The summed E-state index contributed by atoms with van der Waals surface area (Å²) in [5.74, 6) is 0.878. The molecule has 2 N–H and O–H groups in total. The van der Waals surface area contributed by atoms with Gasteiger partial charge >= 0.3 is 0 Å². The predicted molar refractivity (Wildman–Crippen MR) is 112 cm³/mol. The molecule has 0 amide bonds. The van der Waals surface area contributed by atoms with Crippen LogP contribution in [0.25, 0.3) is 32.4 Å². The van der Waals surface area contributed by atoms with Crippen molar-refractivity contribution in [2.45, 2.75) is 0 Å². The van der Waals surface area contributed by atoms with Gasteiger partial charge in [-0.1, -0.05) is 36.4 Å². The molecule has 5 heteroatoms. The number of fused-ring (bicyclic) bond motifs is 2. The second kappa shape index (κ2) is 6.37. The zero-order valence-electron chi connectivity index (χ0n) is 14.3. The van der Waals surface area contributed by atoms with Crippen molar-refractivity contribution in [3.63, 3.8) is 0 Å². The fraction of sp³-hybridized carbons (Fsp3) is 0. The van der Waals surface area contributed by atoms with E-state index in [4.69, 9.17) is 9.97 Å². The van der Waals surface area contributed by atoms with E-state index in [-0.39, 0.29) is 5.75 Å². The van der Waals surface area contributed by atoms with Crippen LogP contribution in [-0.4, -0.2) is 15.1 Å². The zero-order chi connectivity index (χ0) is 18.2. The van der Waals surface area contributed by atoms with Crippen LogP contribution >= 0.6 is 11.3 Å². The van der Waals surface area contributed by atoms with Gasteiger partial charge in [-0.3, -0.25) is 0 Å². The van der Waals surface area contributed by atoms with E-state index < -0.39 is 0 Å². The Morgan fingerprint density at radius 3 is 2.26 bits per heavy atom. The van der Waals surface area contributed by atoms with E-state index in [2.05, 4.69) is 29.6 Å². The number of thiophene rings is 1. The highest BCUT2D eigenvalue weighted by Gasteiger charge is 2.13. The number of aromatic nitrogens is 2. The lowest BCUT2D eigenvalue weighted by molar-refractivity contribution is 0.475. The Balaban J connectivity index is 1.73. The minimum atomic E-state index is 0.206. The number of nitrogens with one attached hydrogen (secondary N) is 1. The molecule has 0 unspecified atom stereocenters. The molecule has 0 atom stereocenters. The summed E-state index contributed by atoms with van der Waals surface area (Å²) < 4.78 is 0. The molecule has 27 heavy (non-hydrogen) atoms. The lowest BCUT2D eigenvalue weighted by Crippen LogP contribution is -1.99. The minimum absolute atomic E-state index is 0.206. The van der Waals surface area contributed by atoms with E-state index in [0.29, 0.717) is 5.82 Å². The van der Waals surface area contributed by atoms with Crippen molar-refractivity contribution in [2.24, 2.45) is 0 Å². The number of benzene rings is 3. The Kier molecular flexibility index (Phi) is 3.73. The van der Waals surface area contributed by atoms with E-state index in [1.807, 2.05) is 35.7 Å². The highest BCUT2D eigenvalue weighted by atomic mass is 32.1. The van der Waals surface area contributed by atoms with Crippen molar-refractivity contribution >= 4 is 44.6 Å². The van der Waals surface area contributed by atoms with Crippen LogP contribution in [0.1, 0.15) is 0 Å². The van der Waals surface area contributed by atoms with Gasteiger partial charge in [0.1, 0.15) is 11.4 Å². The molecule has 0 radical (unpaired) electrons. The molecule has 0 bridgehead atoms. The van der Waals surface area contributed by atoms with Gasteiger partial charge in [0.05, 0.1) is 15.9 Å². The monoisotopic (exact) mass is 369 g/mol. The lowest BCUT2D eigenvalue weighted by Gasteiger charge is -2.12. The standard InChI is InChI=1S/C22H15N3OS/c26-17-8-3-7-16(13-17)23-22-21(20-9-4-10-27-20)24-18-11-14-5-1-2-6-15(14)12-19(18)25-22/h1-13,26H,(H,23,25). The molecule has 2 heterocycles. The van der Waals surface area contributed by atoms with Crippen LogP contribution in [0.15, 0.2) is 78.2 Å². The van der Waals surface area contributed by atoms with Crippen molar-refractivity contribution in [3.05, 3.63) is 78.2 Å². The molecule has 0 aliphatic rings. The number of anilines is 2. The van der Waals surface area contributed by atoms with Gasteiger partial charge < -0.3 is 10.4 Å². The zero-order valence-corrected chi connectivity index (χ0v) is 15.1. The van der Waals surface area contributed by atoms with Crippen LogP contribution in [0.3, 0.4) is 0 Å². The van der Waals surface area contributed by atoms with Crippen LogP contribution in [-0.2, 0) is 0 Å². The smallest absolute Gasteiger partial charge is 0.158 e. The molecular formula is C22H15N3OS. The summed E-state index contributed by atoms with van der Waals surface area (Å²) in [6.45, 7) is 0. The van der Waals surface area contributed by atoms with Crippen LogP contribution in [0.5, 0.6) is 5.75 Å². The van der Waals surface area contributed by atoms with Gasteiger partial charge in [0.2, 0.25) is 0 Å². The maximum absolute atomic E-state index is 9.76. The molecule has 0 fully saturated rings. The first-order valence-corrected chi connectivity index (χ1v) is 9.45. The second-order valence-corrected chi connectivity index (χ2v) is 7.21. The van der Waals surface area contributed by atoms with Gasteiger partial charge in [0.25, 0.3) is 0 Å². The van der Waals surface area contributed by atoms with Gasteiger partial charge in [-0.05, 0) is 46.5 Å². The summed E-state index contributed by atoms with van der Waals surface area (Å²) >= 11 is 1.62. The third kappa shape index (κ3) is 2.98. The molecule has 0 spiro atoms. The first-order valence-electron chi connectivity index (χ1n) is 8.57. The van der Waals surface area contributed by atoms with Gasteiger partial charge in [-0.15, -0.1) is 11.3 Å². The summed E-state index contributed by atoms with van der Waals surface area (Å²) in [4.78, 5) is 10.8. The Bertz CT molecular complexity index is 1270. The number of phenolic OH excluding ortho intramolecular Hbond substituents is 1. The average molecular weight is 369 g/mol. The summed E-state index contributed by atoms with van der Waals surface area (Å²) in [5, 5.41) is 17.4. The van der Waals surface area contributed by atoms with Gasteiger partial charge in [0, 0.05) is 11.8 Å². The molecule has 130 valence electrons. The minimum Gasteiger partial charge on any atom is -0.508 e. The second-order valence-electron chi connectivity index (χ2n) is 6.26. The molecule has 5 rings (SSSR count). The maximum atomic E-state index is 9.76. The Hall–Kier alpha value is -3.44. The average Bonchev–Trinajstić information content (AvgIpc) is 3.20. The fourth-order valence-electron chi connectivity index (χ4n) is 3.13. The van der Waals surface area contributed by atoms with Crippen molar-refractivity contribution in [2.75, 3.05) is 5.32 Å². The van der Waals surface area contributed by atoms with Crippen LogP contribution in [0.4, 0.5) is 11.5 Å². The number of rotatable bonds is 3. The number of hydrogen-bond donors (Lipinski definition) is 2. The topological polar surface area (TPSA) is 58.0 Å².